The molecule has 0 unspecified atom stereocenters. The van der Waals surface area contributed by atoms with Crippen LogP contribution in [0.5, 0.6) is 0 Å². The number of nitrogens with zero attached hydrogens (tertiary/aromatic N) is 3. The number of aromatic nitrogens is 3. The van der Waals surface area contributed by atoms with Crippen molar-refractivity contribution in [1.29, 1.82) is 0 Å². The molecule has 0 aliphatic carbocycles. The van der Waals surface area contributed by atoms with E-state index in [1.165, 1.54) is 4.52 Å². The molecule has 3 rings (SSSR count). The van der Waals surface area contributed by atoms with Crippen molar-refractivity contribution < 1.29 is 0 Å². The summed E-state index contributed by atoms with van der Waals surface area (Å²) >= 11 is 5.85. The smallest absolute Gasteiger partial charge is 0.267 e. The molecule has 0 aliphatic rings. The van der Waals surface area contributed by atoms with E-state index >= 15 is 0 Å². The van der Waals surface area contributed by atoms with Crippen molar-refractivity contribution in [3.05, 3.63) is 51.9 Å². The fraction of sp³-hybridized carbons (Fsp3) is 0. The van der Waals surface area contributed by atoms with Gasteiger partial charge in [0.25, 0.3) is 5.56 Å². The van der Waals surface area contributed by atoms with Crippen LogP contribution in [0.1, 0.15) is 0 Å². The lowest BCUT2D eigenvalue weighted by Crippen LogP contribution is -2.17. The molecule has 2 aromatic heterocycles. The molecule has 1 aromatic carbocycles. The Morgan fingerprint density at radius 3 is 3.00 bits per heavy atom. The van der Waals surface area contributed by atoms with Crippen molar-refractivity contribution in [1.82, 2.24) is 14.6 Å². The first kappa shape index (κ1) is 9.30. The quantitative estimate of drug-likeness (QED) is 0.555. The molecular weight excluding hydrogens is 226 g/mol. The Kier molecular flexibility index (Phi) is 1.91. The van der Waals surface area contributed by atoms with Crippen LogP contribution in [-0.4, -0.2) is 14.6 Å². The molecule has 0 spiro atoms. The zero-order valence-corrected chi connectivity index (χ0v) is 8.85. The monoisotopic (exact) mass is 231 g/mol. The van der Waals surface area contributed by atoms with Gasteiger partial charge in [-0.3, -0.25) is 4.79 Å². The molecule has 0 amide bonds. The maximum Gasteiger partial charge on any atom is 0.282 e. The average molecular weight is 232 g/mol. The van der Waals surface area contributed by atoms with Crippen LogP contribution < -0.4 is 5.56 Å². The third kappa shape index (κ3) is 1.27. The molecule has 0 atom stereocenters. The van der Waals surface area contributed by atoms with Gasteiger partial charge in [0.2, 0.25) is 0 Å². The highest BCUT2D eigenvalue weighted by atomic mass is 35.5. The Morgan fingerprint density at radius 1 is 1.25 bits per heavy atom. The maximum atomic E-state index is 12.0. The van der Waals surface area contributed by atoms with Gasteiger partial charge in [0.15, 0.2) is 5.65 Å². The molecule has 78 valence electrons. The molecular formula is C11H6ClN3O. The summed E-state index contributed by atoms with van der Waals surface area (Å²) in [7, 11) is 0. The lowest BCUT2D eigenvalue weighted by molar-refractivity contribution is 0.881. The highest BCUT2D eigenvalue weighted by Gasteiger charge is 2.05. The molecule has 0 N–H and O–H groups in total. The average Bonchev–Trinajstić information content (AvgIpc) is 2.31. The number of rotatable bonds is 0. The molecule has 3 aromatic rings. The zero-order chi connectivity index (χ0) is 11.1. The molecule has 0 aliphatic heterocycles. The van der Waals surface area contributed by atoms with Crippen molar-refractivity contribution in [3.8, 4) is 0 Å². The third-order valence-electron chi connectivity index (χ3n) is 2.35. The summed E-state index contributed by atoms with van der Waals surface area (Å²) in [6.07, 6.45) is 1.55. The van der Waals surface area contributed by atoms with Crippen molar-refractivity contribution in [2.45, 2.75) is 0 Å². The summed E-state index contributed by atoms with van der Waals surface area (Å²) in [6.45, 7) is 0. The summed E-state index contributed by atoms with van der Waals surface area (Å²) in [5.74, 6) is 0. The van der Waals surface area contributed by atoms with Crippen molar-refractivity contribution >= 4 is 28.2 Å². The third-order valence-corrected chi connectivity index (χ3v) is 2.58. The molecule has 0 bridgehead atoms. The van der Waals surface area contributed by atoms with Gasteiger partial charge in [0, 0.05) is 11.2 Å². The van der Waals surface area contributed by atoms with E-state index in [9.17, 15) is 4.79 Å². The van der Waals surface area contributed by atoms with Crippen molar-refractivity contribution in [2.75, 3.05) is 0 Å². The van der Waals surface area contributed by atoms with E-state index in [0.717, 1.165) is 0 Å². The molecule has 16 heavy (non-hydrogen) atoms. The van der Waals surface area contributed by atoms with Crippen LogP contribution in [0.3, 0.4) is 0 Å². The maximum absolute atomic E-state index is 12.0. The van der Waals surface area contributed by atoms with Crippen LogP contribution in [-0.2, 0) is 0 Å². The van der Waals surface area contributed by atoms with Gasteiger partial charge in [-0.2, -0.15) is 9.61 Å². The second-order valence-corrected chi connectivity index (χ2v) is 3.81. The summed E-state index contributed by atoms with van der Waals surface area (Å²) in [5.41, 5.74) is 0.952. The minimum atomic E-state index is -0.205. The van der Waals surface area contributed by atoms with Gasteiger partial charge >= 0.3 is 0 Å². The van der Waals surface area contributed by atoms with Crippen LogP contribution >= 0.6 is 11.6 Å². The van der Waals surface area contributed by atoms with Crippen LogP contribution in [0, 0.1) is 0 Å². The predicted octanol–water partition coefficient (Wildman–Crippen LogP) is 1.90. The number of fused-ring (bicyclic) bond motifs is 2. The fourth-order valence-electron chi connectivity index (χ4n) is 1.62. The van der Waals surface area contributed by atoms with Crippen LogP contribution in [0.15, 0.2) is 41.3 Å². The van der Waals surface area contributed by atoms with E-state index in [-0.39, 0.29) is 5.56 Å². The Labute approximate surface area is 95.1 Å². The summed E-state index contributed by atoms with van der Waals surface area (Å²) in [5, 5.41) is 4.95. The van der Waals surface area contributed by atoms with Gasteiger partial charge in [-0.05, 0) is 30.3 Å². The van der Waals surface area contributed by atoms with Gasteiger partial charge < -0.3 is 0 Å². The largest absolute Gasteiger partial charge is 0.282 e. The summed E-state index contributed by atoms with van der Waals surface area (Å²) in [4.78, 5) is 16.4. The van der Waals surface area contributed by atoms with E-state index in [2.05, 4.69) is 10.1 Å². The van der Waals surface area contributed by atoms with Crippen molar-refractivity contribution in [2.24, 2.45) is 0 Å². The Morgan fingerprint density at radius 2 is 2.12 bits per heavy atom. The van der Waals surface area contributed by atoms with Crippen molar-refractivity contribution in [3.63, 3.8) is 0 Å². The number of hydrogen-bond acceptors (Lipinski definition) is 3. The first-order valence-corrected chi connectivity index (χ1v) is 5.07. The molecule has 0 saturated heterocycles. The Balaban J connectivity index is 2.61. The molecule has 0 radical (unpaired) electrons. The Bertz CT molecular complexity index is 751. The van der Waals surface area contributed by atoms with E-state index in [0.29, 0.717) is 21.6 Å². The normalized spacial score (nSPS) is 11.1. The van der Waals surface area contributed by atoms with Crippen LogP contribution in [0.4, 0.5) is 0 Å². The number of halogens is 1. The lowest BCUT2D eigenvalue weighted by Gasteiger charge is -2.01. The molecule has 2 heterocycles. The predicted molar refractivity (Wildman–Crippen MR) is 61.8 cm³/mol. The molecule has 0 saturated carbocycles. The van der Waals surface area contributed by atoms with Gasteiger partial charge in [0.05, 0.1) is 10.9 Å². The van der Waals surface area contributed by atoms with Gasteiger partial charge in [-0.25, -0.2) is 4.98 Å². The Hall–Kier alpha value is -1.94. The zero-order valence-electron chi connectivity index (χ0n) is 8.09. The van der Waals surface area contributed by atoms with E-state index in [1.807, 2.05) is 0 Å². The molecule has 0 fully saturated rings. The molecule has 5 heteroatoms. The van der Waals surface area contributed by atoms with Gasteiger partial charge in [0.1, 0.15) is 0 Å². The van der Waals surface area contributed by atoms with Crippen LogP contribution in [0.25, 0.3) is 16.6 Å². The lowest BCUT2D eigenvalue weighted by atomic mass is 10.2. The first-order valence-electron chi connectivity index (χ1n) is 4.69. The summed E-state index contributed by atoms with van der Waals surface area (Å²) in [6, 6.07) is 8.52. The van der Waals surface area contributed by atoms with Gasteiger partial charge in [-0.15, -0.1) is 0 Å². The SMILES string of the molecule is O=c1c2cc(Cl)ccc2nc2cccnn12. The summed E-state index contributed by atoms with van der Waals surface area (Å²) < 4.78 is 1.26. The fourth-order valence-corrected chi connectivity index (χ4v) is 1.79. The van der Waals surface area contributed by atoms with Crippen LogP contribution in [0.2, 0.25) is 5.02 Å². The first-order chi connectivity index (χ1) is 7.75. The highest BCUT2D eigenvalue weighted by Crippen LogP contribution is 2.14. The minimum Gasteiger partial charge on any atom is -0.267 e. The van der Waals surface area contributed by atoms with Gasteiger partial charge in [-0.1, -0.05) is 11.6 Å². The topological polar surface area (TPSA) is 47.3 Å². The second-order valence-electron chi connectivity index (χ2n) is 3.37. The minimum absolute atomic E-state index is 0.205. The number of hydrogen-bond donors (Lipinski definition) is 0. The highest BCUT2D eigenvalue weighted by molar-refractivity contribution is 6.31. The molecule has 4 nitrogen and oxygen atoms in total. The van der Waals surface area contributed by atoms with E-state index < -0.39 is 0 Å². The van der Waals surface area contributed by atoms with E-state index in [1.54, 1.807) is 36.5 Å². The standard InChI is InChI=1S/C11H6ClN3O/c12-7-3-4-9-8(6-7)11(16)15-10(14-9)2-1-5-13-15/h1-6H. The second kappa shape index (κ2) is 3.28. The van der Waals surface area contributed by atoms with E-state index in [4.69, 9.17) is 11.6 Å². The number of benzene rings is 1.